The van der Waals surface area contributed by atoms with E-state index in [1.54, 1.807) is 12.1 Å². The van der Waals surface area contributed by atoms with E-state index in [2.05, 4.69) is 23.1 Å². The number of fused-ring (bicyclic) bond motifs is 1. The van der Waals surface area contributed by atoms with E-state index in [0.29, 0.717) is 5.92 Å². The summed E-state index contributed by atoms with van der Waals surface area (Å²) >= 11 is 0. The number of hydrogen-bond acceptors (Lipinski definition) is 2. The normalized spacial score (nSPS) is 20.7. The number of nitrogens with two attached hydrogens (primary N) is 1. The van der Waals surface area contributed by atoms with Gasteiger partial charge >= 0.3 is 0 Å². The number of anilines is 1. The van der Waals surface area contributed by atoms with Gasteiger partial charge in [-0.3, -0.25) is 4.90 Å². The number of nitrogen functional groups attached to an aromatic ring is 1. The molecule has 0 amide bonds. The third-order valence-corrected chi connectivity index (χ3v) is 5.36. The summed E-state index contributed by atoms with van der Waals surface area (Å²) in [5.74, 6) is 0.431. The Morgan fingerprint density at radius 3 is 2.67 bits per heavy atom. The van der Waals surface area contributed by atoms with Crippen molar-refractivity contribution in [2.24, 2.45) is 0 Å². The monoisotopic (exact) mass is 322 g/mol. The fourth-order valence-corrected chi connectivity index (χ4v) is 4.01. The van der Waals surface area contributed by atoms with Gasteiger partial charge in [0.25, 0.3) is 0 Å². The molecular formula is C21H23FN2. The van der Waals surface area contributed by atoms with Crippen LogP contribution < -0.4 is 5.73 Å². The van der Waals surface area contributed by atoms with Gasteiger partial charge in [-0.2, -0.15) is 0 Å². The summed E-state index contributed by atoms with van der Waals surface area (Å²) in [6, 6.07) is 13.2. The minimum absolute atomic E-state index is 0.170. The molecule has 1 atom stereocenters. The molecule has 0 saturated heterocycles. The van der Waals surface area contributed by atoms with E-state index >= 15 is 0 Å². The van der Waals surface area contributed by atoms with Crippen molar-refractivity contribution >= 4 is 11.3 Å². The lowest BCUT2D eigenvalue weighted by atomic mass is 9.96. The van der Waals surface area contributed by atoms with Gasteiger partial charge in [-0.05, 0) is 71.7 Å². The first-order chi connectivity index (χ1) is 11.7. The lowest BCUT2D eigenvalue weighted by Crippen LogP contribution is -2.32. The Hall–Kier alpha value is -2.13. The van der Waals surface area contributed by atoms with Crippen LogP contribution in [0.1, 0.15) is 35.4 Å². The molecule has 0 saturated carbocycles. The predicted octanol–water partition coefficient (Wildman–Crippen LogP) is 4.23. The van der Waals surface area contributed by atoms with Gasteiger partial charge in [0.15, 0.2) is 0 Å². The molecular weight excluding hydrogens is 299 g/mol. The predicted molar refractivity (Wildman–Crippen MR) is 97.4 cm³/mol. The summed E-state index contributed by atoms with van der Waals surface area (Å²) in [5, 5.41) is 0. The first-order valence-corrected chi connectivity index (χ1v) is 8.74. The number of benzene rings is 2. The topological polar surface area (TPSA) is 29.3 Å². The summed E-state index contributed by atoms with van der Waals surface area (Å²) in [6.07, 6.45) is 5.72. The molecule has 2 nitrogen and oxygen atoms in total. The van der Waals surface area contributed by atoms with E-state index in [-0.39, 0.29) is 5.82 Å². The molecule has 1 unspecified atom stereocenters. The highest BCUT2D eigenvalue weighted by Crippen LogP contribution is 2.35. The van der Waals surface area contributed by atoms with Crippen molar-refractivity contribution in [2.75, 3.05) is 25.4 Å². The molecule has 1 aliphatic carbocycles. The number of halogens is 1. The molecule has 0 fully saturated rings. The largest absolute Gasteiger partial charge is 0.399 e. The third kappa shape index (κ3) is 3.09. The number of rotatable bonds is 3. The summed E-state index contributed by atoms with van der Waals surface area (Å²) in [7, 11) is 0. The Bertz CT molecular complexity index is 764. The highest BCUT2D eigenvalue weighted by atomic mass is 19.1. The second-order valence-electron chi connectivity index (χ2n) is 6.94. The summed E-state index contributed by atoms with van der Waals surface area (Å²) in [5.41, 5.74) is 12.2. The van der Waals surface area contributed by atoms with Crippen LogP contribution in [0.2, 0.25) is 0 Å². The molecule has 0 radical (unpaired) electrons. The van der Waals surface area contributed by atoms with Crippen LogP contribution in [0.15, 0.2) is 48.5 Å². The maximum Gasteiger partial charge on any atom is 0.123 e. The Morgan fingerprint density at radius 2 is 1.92 bits per heavy atom. The zero-order valence-electron chi connectivity index (χ0n) is 13.8. The van der Waals surface area contributed by atoms with Crippen LogP contribution in [0.4, 0.5) is 10.1 Å². The molecule has 3 heteroatoms. The van der Waals surface area contributed by atoms with Crippen LogP contribution in [0.5, 0.6) is 0 Å². The molecule has 0 bridgehead atoms. The van der Waals surface area contributed by atoms with Crippen molar-refractivity contribution in [3.8, 4) is 0 Å². The van der Waals surface area contributed by atoms with Gasteiger partial charge in [-0.1, -0.05) is 24.3 Å². The highest BCUT2D eigenvalue weighted by molar-refractivity contribution is 5.66. The van der Waals surface area contributed by atoms with Crippen LogP contribution >= 0.6 is 0 Å². The van der Waals surface area contributed by atoms with Crippen molar-refractivity contribution in [1.29, 1.82) is 0 Å². The van der Waals surface area contributed by atoms with Gasteiger partial charge in [-0.25, -0.2) is 4.39 Å². The van der Waals surface area contributed by atoms with Gasteiger partial charge < -0.3 is 5.73 Å². The summed E-state index contributed by atoms with van der Waals surface area (Å²) in [4.78, 5) is 2.52. The van der Waals surface area contributed by atoms with E-state index in [9.17, 15) is 4.39 Å². The van der Waals surface area contributed by atoms with Crippen LogP contribution in [-0.4, -0.2) is 24.5 Å². The highest BCUT2D eigenvalue weighted by Gasteiger charge is 2.25. The Balaban J connectivity index is 1.42. The first-order valence-electron chi connectivity index (χ1n) is 8.74. The number of hydrogen-bond donors (Lipinski definition) is 1. The summed E-state index contributed by atoms with van der Waals surface area (Å²) in [6.45, 7) is 3.14. The zero-order chi connectivity index (χ0) is 16.5. The maximum atomic E-state index is 13.1. The van der Waals surface area contributed by atoms with E-state index < -0.39 is 0 Å². The van der Waals surface area contributed by atoms with E-state index in [0.717, 1.165) is 37.3 Å². The molecule has 2 N–H and O–H groups in total. The average molecular weight is 322 g/mol. The number of nitrogens with zero attached hydrogens (tertiary/aromatic N) is 1. The molecule has 124 valence electrons. The van der Waals surface area contributed by atoms with Crippen molar-refractivity contribution in [2.45, 2.75) is 25.2 Å². The van der Waals surface area contributed by atoms with Crippen molar-refractivity contribution < 1.29 is 4.39 Å². The van der Waals surface area contributed by atoms with Gasteiger partial charge in [-0.15, -0.1) is 0 Å². The van der Waals surface area contributed by atoms with E-state index in [1.165, 1.54) is 29.5 Å². The molecule has 0 aromatic heterocycles. The molecule has 1 heterocycles. The second-order valence-corrected chi connectivity index (χ2v) is 6.94. The van der Waals surface area contributed by atoms with Crippen molar-refractivity contribution in [1.82, 2.24) is 4.90 Å². The Labute approximate surface area is 142 Å². The van der Waals surface area contributed by atoms with Crippen LogP contribution in [0.3, 0.4) is 0 Å². The SMILES string of the molecule is Nc1ccc2c(c1)C(CN1CC=C(c3ccc(F)cc3)CC1)CC2. The molecule has 2 aliphatic rings. The minimum Gasteiger partial charge on any atom is -0.399 e. The van der Waals surface area contributed by atoms with E-state index in [4.69, 9.17) is 5.73 Å². The van der Waals surface area contributed by atoms with Gasteiger partial charge in [0.1, 0.15) is 5.82 Å². The second kappa shape index (κ2) is 6.40. The quantitative estimate of drug-likeness (QED) is 0.857. The molecule has 4 rings (SSSR count). The number of aryl methyl sites for hydroxylation is 1. The van der Waals surface area contributed by atoms with Crippen molar-refractivity contribution in [3.63, 3.8) is 0 Å². The summed E-state index contributed by atoms with van der Waals surface area (Å²) < 4.78 is 13.1. The van der Waals surface area contributed by atoms with Crippen LogP contribution in [0, 0.1) is 5.82 Å². The van der Waals surface area contributed by atoms with Crippen LogP contribution in [-0.2, 0) is 6.42 Å². The fourth-order valence-electron chi connectivity index (χ4n) is 4.01. The van der Waals surface area contributed by atoms with E-state index in [1.807, 2.05) is 18.2 Å². The fraction of sp³-hybridized carbons (Fsp3) is 0.333. The van der Waals surface area contributed by atoms with Crippen LogP contribution in [0.25, 0.3) is 5.57 Å². The Kier molecular flexibility index (Phi) is 4.11. The standard InChI is InChI=1S/C21H23FN2/c22-19-6-3-15(4-7-19)16-9-11-24(12-10-16)14-18-2-1-17-5-8-20(23)13-21(17)18/h3-9,13,18H,1-2,10-12,14,23H2. The van der Waals surface area contributed by atoms with Crippen molar-refractivity contribution in [3.05, 3.63) is 71.0 Å². The molecule has 0 spiro atoms. The zero-order valence-corrected chi connectivity index (χ0v) is 13.8. The first kappa shape index (κ1) is 15.4. The smallest absolute Gasteiger partial charge is 0.123 e. The lowest BCUT2D eigenvalue weighted by Gasteiger charge is -2.29. The minimum atomic E-state index is -0.170. The molecule has 24 heavy (non-hydrogen) atoms. The lowest BCUT2D eigenvalue weighted by molar-refractivity contribution is 0.281. The van der Waals surface area contributed by atoms with Gasteiger partial charge in [0, 0.05) is 25.3 Å². The maximum absolute atomic E-state index is 13.1. The third-order valence-electron chi connectivity index (χ3n) is 5.36. The van der Waals surface area contributed by atoms with Gasteiger partial charge in [0.05, 0.1) is 0 Å². The average Bonchev–Trinajstić information content (AvgIpc) is 2.98. The molecule has 1 aliphatic heterocycles. The van der Waals surface area contributed by atoms with Gasteiger partial charge in [0.2, 0.25) is 0 Å². The molecule has 2 aromatic carbocycles. The Morgan fingerprint density at radius 1 is 1.08 bits per heavy atom. The molecule has 2 aromatic rings.